The molecule has 6 heteroatoms. The van der Waals surface area contributed by atoms with Crippen LogP contribution in [0.25, 0.3) is 0 Å². The summed E-state index contributed by atoms with van der Waals surface area (Å²) < 4.78 is 20.5. The lowest BCUT2D eigenvalue weighted by atomic mass is 10.1. The maximum Gasteiger partial charge on any atom is 0.145 e. The van der Waals surface area contributed by atoms with Gasteiger partial charge in [-0.2, -0.15) is 0 Å². The third kappa shape index (κ3) is 3.52. The molecule has 106 valence electrons. The van der Waals surface area contributed by atoms with E-state index in [1.54, 1.807) is 25.1 Å². The predicted molar refractivity (Wildman–Crippen MR) is 84.0 cm³/mol. The van der Waals surface area contributed by atoms with Crippen molar-refractivity contribution in [3.8, 4) is 11.5 Å². The zero-order valence-electron chi connectivity index (χ0n) is 10.3. The second-order valence-corrected chi connectivity index (χ2v) is 6.33. The Morgan fingerprint density at radius 2 is 1.90 bits per heavy atom. The summed E-state index contributed by atoms with van der Waals surface area (Å²) in [4.78, 5) is 0. The largest absolute Gasteiger partial charge is 0.456 e. The number of hydrogen-bond donors (Lipinski definition) is 1. The molecule has 0 saturated carbocycles. The molecule has 1 atom stereocenters. The summed E-state index contributed by atoms with van der Waals surface area (Å²) in [5, 5.41) is 9.78. The van der Waals surface area contributed by atoms with Crippen LogP contribution in [-0.4, -0.2) is 5.11 Å². The average Bonchev–Trinajstić information content (AvgIpc) is 2.37. The molecule has 0 aliphatic carbocycles. The normalized spacial score (nSPS) is 12.3. The van der Waals surface area contributed by atoms with Crippen LogP contribution in [-0.2, 0) is 0 Å². The lowest BCUT2D eigenvalue weighted by molar-refractivity contribution is 0.195. The van der Waals surface area contributed by atoms with Gasteiger partial charge in [0.25, 0.3) is 0 Å². The Kier molecular flexibility index (Phi) is 5.07. The van der Waals surface area contributed by atoms with Gasteiger partial charge in [0, 0.05) is 16.1 Å². The van der Waals surface area contributed by atoms with E-state index in [-0.39, 0.29) is 10.8 Å². The van der Waals surface area contributed by atoms with Crippen LogP contribution in [0.15, 0.2) is 39.3 Å². The maximum absolute atomic E-state index is 13.5. The Morgan fingerprint density at radius 1 is 1.20 bits per heavy atom. The van der Waals surface area contributed by atoms with E-state index in [4.69, 9.17) is 16.3 Å². The molecular formula is C14H10Br2ClFO2. The highest BCUT2D eigenvalue weighted by Gasteiger charge is 2.14. The second-order valence-electron chi connectivity index (χ2n) is 4.16. The molecule has 0 aromatic heterocycles. The molecule has 0 fully saturated rings. The molecule has 1 N–H and O–H groups in total. The molecule has 0 radical (unpaired) electrons. The topological polar surface area (TPSA) is 29.5 Å². The molecule has 0 aliphatic heterocycles. The minimum Gasteiger partial charge on any atom is -0.456 e. The van der Waals surface area contributed by atoms with Crippen molar-refractivity contribution in [1.29, 1.82) is 0 Å². The van der Waals surface area contributed by atoms with Crippen molar-refractivity contribution >= 4 is 43.5 Å². The zero-order valence-corrected chi connectivity index (χ0v) is 14.3. The van der Waals surface area contributed by atoms with Crippen molar-refractivity contribution in [3.05, 3.63) is 55.7 Å². The van der Waals surface area contributed by atoms with E-state index >= 15 is 0 Å². The van der Waals surface area contributed by atoms with E-state index in [2.05, 4.69) is 31.9 Å². The van der Waals surface area contributed by atoms with Gasteiger partial charge in [0.05, 0.1) is 15.6 Å². The molecule has 1 unspecified atom stereocenters. The number of ether oxygens (including phenoxy) is 1. The summed E-state index contributed by atoms with van der Waals surface area (Å²) in [6.07, 6.45) is -0.710. The van der Waals surface area contributed by atoms with Crippen molar-refractivity contribution in [2.75, 3.05) is 0 Å². The standard InChI is InChI=1S/C14H10Br2ClFO2/c1-7(19)9-4-8(15)2-3-13(9)20-14-6-12(18)11(17)5-10(14)16/h2-7,19H,1H3. The van der Waals surface area contributed by atoms with Gasteiger partial charge in [-0.3, -0.25) is 0 Å². The van der Waals surface area contributed by atoms with Crippen LogP contribution in [0.3, 0.4) is 0 Å². The number of benzene rings is 2. The second kappa shape index (κ2) is 6.43. The van der Waals surface area contributed by atoms with Crippen LogP contribution in [0.2, 0.25) is 5.02 Å². The summed E-state index contributed by atoms with van der Waals surface area (Å²) in [6, 6.07) is 7.85. The quantitative estimate of drug-likeness (QED) is 0.627. The molecule has 0 aliphatic rings. The summed E-state index contributed by atoms with van der Waals surface area (Å²) in [7, 11) is 0. The first kappa shape index (κ1) is 15.8. The Morgan fingerprint density at radius 3 is 2.55 bits per heavy atom. The minimum atomic E-state index is -0.710. The molecule has 2 rings (SSSR count). The van der Waals surface area contributed by atoms with Crippen LogP contribution in [0.4, 0.5) is 4.39 Å². The van der Waals surface area contributed by atoms with Gasteiger partial charge in [0.2, 0.25) is 0 Å². The van der Waals surface area contributed by atoms with Crippen LogP contribution in [0.1, 0.15) is 18.6 Å². The number of halogens is 4. The van der Waals surface area contributed by atoms with E-state index < -0.39 is 11.9 Å². The number of hydrogen-bond acceptors (Lipinski definition) is 2. The third-order valence-electron chi connectivity index (χ3n) is 2.62. The van der Waals surface area contributed by atoms with Gasteiger partial charge in [-0.25, -0.2) is 4.39 Å². The van der Waals surface area contributed by atoms with Crippen LogP contribution >= 0.6 is 43.5 Å². The molecule has 0 amide bonds. The first-order valence-corrected chi connectivity index (χ1v) is 7.65. The molecule has 2 aromatic rings. The monoisotopic (exact) mass is 422 g/mol. The fraction of sp³-hybridized carbons (Fsp3) is 0.143. The van der Waals surface area contributed by atoms with E-state index in [1.807, 2.05) is 0 Å². The zero-order chi connectivity index (χ0) is 14.9. The fourth-order valence-electron chi connectivity index (χ4n) is 1.64. The molecule has 0 bridgehead atoms. The predicted octanol–water partition coefficient (Wildman–Crippen LogP) is 5.85. The van der Waals surface area contributed by atoms with Gasteiger partial charge < -0.3 is 9.84 Å². The molecule has 0 heterocycles. The average molecular weight is 424 g/mol. The Balaban J connectivity index is 2.42. The van der Waals surface area contributed by atoms with Crippen molar-refractivity contribution in [1.82, 2.24) is 0 Å². The van der Waals surface area contributed by atoms with Crippen LogP contribution in [0.5, 0.6) is 11.5 Å². The number of aliphatic hydroxyl groups is 1. The van der Waals surface area contributed by atoms with E-state index in [1.165, 1.54) is 12.1 Å². The van der Waals surface area contributed by atoms with Gasteiger partial charge in [-0.15, -0.1) is 0 Å². The summed E-state index contributed by atoms with van der Waals surface area (Å²) in [5.41, 5.74) is 0.599. The molecular weight excluding hydrogens is 414 g/mol. The molecule has 0 spiro atoms. The smallest absolute Gasteiger partial charge is 0.145 e. The summed E-state index contributed by atoms with van der Waals surface area (Å²) in [5.74, 6) is 0.169. The lowest BCUT2D eigenvalue weighted by Crippen LogP contribution is -1.97. The van der Waals surface area contributed by atoms with Crippen molar-refractivity contribution in [2.24, 2.45) is 0 Å². The summed E-state index contributed by atoms with van der Waals surface area (Å²) in [6.45, 7) is 1.63. The first-order valence-electron chi connectivity index (χ1n) is 5.68. The van der Waals surface area contributed by atoms with Gasteiger partial charge in [-0.05, 0) is 47.1 Å². The lowest BCUT2D eigenvalue weighted by Gasteiger charge is -2.15. The Hall–Kier alpha value is -0.620. The molecule has 2 nitrogen and oxygen atoms in total. The van der Waals surface area contributed by atoms with Gasteiger partial charge in [0.15, 0.2) is 0 Å². The van der Waals surface area contributed by atoms with E-state index in [0.29, 0.717) is 15.8 Å². The first-order chi connectivity index (χ1) is 9.38. The highest BCUT2D eigenvalue weighted by Crippen LogP contribution is 2.37. The third-order valence-corrected chi connectivity index (χ3v) is 4.02. The number of rotatable bonds is 3. The van der Waals surface area contributed by atoms with Gasteiger partial charge >= 0.3 is 0 Å². The maximum atomic E-state index is 13.5. The molecule has 0 saturated heterocycles. The molecule has 20 heavy (non-hydrogen) atoms. The highest BCUT2D eigenvalue weighted by molar-refractivity contribution is 9.10. The van der Waals surface area contributed by atoms with Gasteiger partial charge in [0.1, 0.15) is 17.3 Å². The van der Waals surface area contributed by atoms with Crippen LogP contribution < -0.4 is 4.74 Å². The van der Waals surface area contributed by atoms with Gasteiger partial charge in [-0.1, -0.05) is 27.5 Å². The molecule has 2 aromatic carbocycles. The SMILES string of the molecule is CC(O)c1cc(Br)ccc1Oc1cc(F)c(Cl)cc1Br. The Bertz CT molecular complexity index is 647. The summed E-state index contributed by atoms with van der Waals surface area (Å²) >= 11 is 12.3. The van der Waals surface area contributed by atoms with Crippen molar-refractivity contribution in [3.63, 3.8) is 0 Å². The van der Waals surface area contributed by atoms with Crippen molar-refractivity contribution < 1.29 is 14.2 Å². The Labute approximate surface area is 137 Å². The fourth-order valence-corrected chi connectivity index (χ4v) is 2.74. The van der Waals surface area contributed by atoms with Crippen molar-refractivity contribution in [2.45, 2.75) is 13.0 Å². The van der Waals surface area contributed by atoms with E-state index in [0.717, 1.165) is 4.47 Å². The number of aliphatic hydroxyl groups excluding tert-OH is 1. The van der Waals surface area contributed by atoms with E-state index in [9.17, 15) is 9.50 Å². The van der Waals surface area contributed by atoms with Crippen LogP contribution in [0, 0.1) is 5.82 Å². The highest BCUT2D eigenvalue weighted by atomic mass is 79.9. The minimum absolute atomic E-state index is 0.00998.